The second kappa shape index (κ2) is 5.17. The van der Waals surface area contributed by atoms with E-state index in [4.69, 9.17) is 5.73 Å². The number of aryl methyl sites for hydroxylation is 4. The van der Waals surface area contributed by atoms with Gasteiger partial charge >= 0.3 is 0 Å². The fraction of sp³-hybridized carbons (Fsp3) is 0.438. The lowest BCUT2D eigenvalue weighted by atomic mass is 9.94. The fourth-order valence-corrected chi connectivity index (χ4v) is 2.60. The van der Waals surface area contributed by atoms with Crippen LogP contribution in [0.1, 0.15) is 39.7 Å². The average Bonchev–Trinajstić information content (AvgIpc) is 2.59. The molecular formula is C16H23N3. The van der Waals surface area contributed by atoms with Crippen molar-refractivity contribution in [3.05, 3.63) is 51.8 Å². The van der Waals surface area contributed by atoms with Gasteiger partial charge < -0.3 is 5.73 Å². The first-order chi connectivity index (χ1) is 8.90. The summed E-state index contributed by atoms with van der Waals surface area (Å²) in [7, 11) is 1.98. The first kappa shape index (κ1) is 13.8. The Morgan fingerprint density at radius 1 is 1.21 bits per heavy atom. The Morgan fingerprint density at radius 3 is 2.47 bits per heavy atom. The third kappa shape index (κ3) is 2.71. The van der Waals surface area contributed by atoms with E-state index < -0.39 is 0 Å². The van der Waals surface area contributed by atoms with Crippen LogP contribution in [0, 0.1) is 27.7 Å². The lowest BCUT2D eigenvalue weighted by Crippen LogP contribution is -2.15. The van der Waals surface area contributed by atoms with E-state index in [0.29, 0.717) is 0 Å². The van der Waals surface area contributed by atoms with Crippen LogP contribution < -0.4 is 5.73 Å². The summed E-state index contributed by atoms with van der Waals surface area (Å²) in [4.78, 5) is 0. The highest BCUT2D eigenvalue weighted by Gasteiger charge is 2.16. The van der Waals surface area contributed by atoms with Gasteiger partial charge in [-0.3, -0.25) is 4.68 Å². The molecule has 2 rings (SSSR count). The van der Waals surface area contributed by atoms with Crippen molar-refractivity contribution in [3.63, 3.8) is 0 Å². The lowest BCUT2D eigenvalue weighted by Gasteiger charge is -2.16. The number of nitrogens with zero attached hydrogens (tertiary/aromatic N) is 2. The molecule has 1 aromatic heterocycles. The molecule has 0 amide bonds. The monoisotopic (exact) mass is 257 g/mol. The zero-order valence-corrected chi connectivity index (χ0v) is 12.5. The second-order valence-electron chi connectivity index (χ2n) is 5.44. The summed E-state index contributed by atoms with van der Waals surface area (Å²) in [5, 5.41) is 4.46. The minimum Gasteiger partial charge on any atom is -0.324 e. The normalized spacial score (nSPS) is 12.7. The van der Waals surface area contributed by atoms with Gasteiger partial charge in [0.05, 0.1) is 5.69 Å². The number of nitrogens with two attached hydrogens (primary N) is 1. The SMILES string of the molecule is Cc1ccc(C)c(C(N)Cc2c(C)nn(C)c2C)c1. The van der Waals surface area contributed by atoms with E-state index in [1.807, 2.05) is 11.7 Å². The average molecular weight is 257 g/mol. The molecule has 19 heavy (non-hydrogen) atoms. The molecule has 2 aromatic rings. The van der Waals surface area contributed by atoms with Crippen molar-refractivity contribution in [2.45, 2.75) is 40.2 Å². The maximum absolute atomic E-state index is 6.41. The molecule has 0 aliphatic heterocycles. The summed E-state index contributed by atoms with van der Waals surface area (Å²) in [6, 6.07) is 6.50. The molecular weight excluding hydrogens is 234 g/mol. The molecule has 0 aliphatic carbocycles. The highest BCUT2D eigenvalue weighted by molar-refractivity contribution is 5.35. The van der Waals surface area contributed by atoms with Crippen LogP contribution in [-0.2, 0) is 13.5 Å². The maximum atomic E-state index is 6.41. The van der Waals surface area contributed by atoms with Gasteiger partial charge in [-0.1, -0.05) is 23.8 Å². The van der Waals surface area contributed by atoms with E-state index >= 15 is 0 Å². The molecule has 3 nitrogen and oxygen atoms in total. The Bertz CT molecular complexity index is 596. The van der Waals surface area contributed by atoms with Gasteiger partial charge in [-0.05, 0) is 50.8 Å². The van der Waals surface area contributed by atoms with E-state index in [-0.39, 0.29) is 6.04 Å². The summed E-state index contributed by atoms with van der Waals surface area (Å²) < 4.78 is 1.93. The molecule has 102 valence electrons. The number of benzene rings is 1. The number of rotatable bonds is 3. The van der Waals surface area contributed by atoms with Gasteiger partial charge in [-0.2, -0.15) is 5.10 Å². The van der Waals surface area contributed by atoms with E-state index in [1.54, 1.807) is 0 Å². The van der Waals surface area contributed by atoms with Crippen LogP contribution >= 0.6 is 0 Å². The number of aromatic nitrogens is 2. The van der Waals surface area contributed by atoms with Gasteiger partial charge in [0.25, 0.3) is 0 Å². The van der Waals surface area contributed by atoms with E-state index in [0.717, 1.165) is 12.1 Å². The van der Waals surface area contributed by atoms with Gasteiger partial charge in [0.15, 0.2) is 0 Å². The highest BCUT2D eigenvalue weighted by atomic mass is 15.3. The summed E-state index contributed by atoms with van der Waals surface area (Å²) in [5.41, 5.74) is 13.7. The molecule has 0 radical (unpaired) electrons. The van der Waals surface area contributed by atoms with Crippen molar-refractivity contribution in [1.82, 2.24) is 9.78 Å². The fourth-order valence-electron chi connectivity index (χ4n) is 2.60. The van der Waals surface area contributed by atoms with Crippen molar-refractivity contribution in [2.24, 2.45) is 12.8 Å². The highest BCUT2D eigenvalue weighted by Crippen LogP contribution is 2.23. The van der Waals surface area contributed by atoms with Gasteiger partial charge in [-0.25, -0.2) is 0 Å². The summed E-state index contributed by atoms with van der Waals surface area (Å²) in [6.07, 6.45) is 0.843. The van der Waals surface area contributed by atoms with Crippen LogP contribution in [0.25, 0.3) is 0 Å². The third-order valence-corrected chi connectivity index (χ3v) is 3.92. The molecule has 1 unspecified atom stereocenters. The Hall–Kier alpha value is -1.61. The molecule has 0 saturated carbocycles. The Kier molecular flexibility index (Phi) is 3.76. The zero-order chi connectivity index (χ0) is 14.2. The third-order valence-electron chi connectivity index (χ3n) is 3.92. The standard InChI is InChI=1S/C16H23N3/c1-10-6-7-11(2)14(8-10)16(17)9-15-12(3)18-19(5)13(15)4/h6-8,16H,9,17H2,1-5H3. The zero-order valence-electron chi connectivity index (χ0n) is 12.5. The van der Waals surface area contributed by atoms with Crippen LogP contribution in [0.3, 0.4) is 0 Å². The minimum atomic E-state index is 0.0292. The van der Waals surface area contributed by atoms with Crippen molar-refractivity contribution in [1.29, 1.82) is 0 Å². The van der Waals surface area contributed by atoms with Gasteiger partial charge in [0.1, 0.15) is 0 Å². The van der Waals surface area contributed by atoms with Gasteiger partial charge in [-0.15, -0.1) is 0 Å². The molecule has 0 bridgehead atoms. The van der Waals surface area contributed by atoms with Crippen LogP contribution in [0.4, 0.5) is 0 Å². The van der Waals surface area contributed by atoms with Crippen LogP contribution in [-0.4, -0.2) is 9.78 Å². The van der Waals surface area contributed by atoms with Crippen LogP contribution in [0.2, 0.25) is 0 Å². The molecule has 0 aliphatic rings. The van der Waals surface area contributed by atoms with Crippen molar-refractivity contribution >= 4 is 0 Å². The Morgan fingerprint density at radius 2 is 1.89 bits per heavy atom. The summed E-state index contributed by atoms with van der Waals surface area (Å²) >= 11 is 0. The Labute approximate surface area is 115 Å². The van der Waals surface area contributed by atoms with Crippen LogP contribution in [0.5, 0.6) is 0 Å². The largest absolute Gasteiger partial charge is 0.324 e. The van der Waals surface area contributed by atoms with Crippen molar-refractivity contribution < 1.29 is 0 Å². The molecule has 0 spiro atoms. The van der Waals surface area contributed by atoms with E-state index in [9.17, 15) is 0 Å². The van der Waals surface area contributed by atoms with Crippen molar-refractivity contribution in [2.75, 3.05) is 0 Å². The molecule has 1 heterocycles. The second-order valence-corrected chi connectivity index (χ2v) is 5.44. The minimum absolute atomic E-state index is 0.0292. The molecule has 0 fully saturated rings. The smallest absolute Gasteiger partial charge is 0.0629 e. The topological polar surface area (TPSA) is 43.8 Å². The van der Waals surface area contributed by atoms with Crippen LogP contribution in [0.15, 0.2) is 18.2 Å². The summed E-state index contributed by atoms with van der Waals surface area (Å²) in [5.74, 6) is 0. The molecule has 1 atom stereocenters. The Balaban J connectivity index is 2.30. The van der Waals surface area contributed by atoms with Crippen molar-refractivity contribution in [3.8, 4) is 0 Å². The van der Waals surface area contributed by atoms with E-state index in [1.165, 1.54) is 27.9 Å². The van der Waals surface area contributed by atoms with Gasteiger partial charge in [0, 0.05) is 18.8 Å². The molecule has 1 aromatic carbocycles. The number of hydrogen-bond donors (Lipinski definition) is 1. The first-order valence-corrected chi connectivity index (χ1v) is 6.72. The predicted molar refractivity (Wildman–Crippen MR) is 79.2 cm³/mol. The molecule has 2 N–H and O–H groups in total. The quantitative estimate of drug-likeness (QED) is 0.918. The van der Waals surface area contributed by atoms with Gasteiger partial charge in [0.2, 0.25) is 0 Å². The molecule has 0 saturated heterocycles. The predicted octanol–water partition coefficient (Wildman–Crippen LogP) is 2.90. The lowest BCUT2D eigenvalue weighted by molar-refractivity contribution is 0.703. The molecule has 3 heteroatoms. The number of hydrogen-bond acceptors (Lipinski definition) is 2. The maximum Gasteiger partial charge on any atom is 0.0629 e. The first-order valence-electron chi connectivity index (χ1n) is 6.72. The summed E-state index contributed by atoms with van der Waals surface area (Å²) in [6.45, 7) is 8.39. The van der Waals surface area contributed by atoms with E-state index in [2.05, 4.69) is 51.0 Å².